The number of rotatable bonds is 6. The molecule has 0 aliphatic rings. The van der Waals surface area contributed by atoms with Crippen LogP contribution in [0.25, 0.3) is 0 Å². The first kappa shape index (κ1) is 17.1. The van der Waals surface area contributed by atoms with Crippen LogP contribution in [0, 0.1) is 5.82 Å². The highest BCUT2D eigenvalue weighted by atomic mass is 19.1. The molecule has 0 saturated carbocycles. The zero-order valence-corrected chi connectivity index (χ0v) is 12.4. The lowest BCUT2D eigenvalue weighted by molar-refractivity contribution is -0.141. The minimum Gasteiger partial charge on any atom is -0.469 e. The first-order chi connectivity index (χ1) is 9.81. The first-order valence-corrected chi connectivity index (χ1v) is 6.57. The van der Waals surface area contributed by atoms with E-state index < -0.39 is 17.3 Å². The molecule has 0 bridgehead atoms. The van der Waals surface area contributed by atoms with Gasteiger partial charge in [-0.05, 0) is 38.1 Å². The summed E-state index contributed by atoms with van der Waals surface area (Å²) in [5.74, 6) is -1.26. The molecule has 1 rings (SSSR count). The number of carbonyl (C=O) groups is 2. The number of aliphatic hydroxyl groups excluding tert-OH is 1. The van der Waals surface area contributed by atoms with Crippen LogP contribution in [-0.2, 0) is 9.53 Å². The number of nitrogens with zero attached hydrogens (tertiary/aromatic N) is 1. The van der Waals surface area contributed by atoms with Crippen molar-refractivity contribution in [1.82, 2.24) is 4.90 Å². The summed E-state index contributed by atoms with van der Waals surface area (Å²) in [4.78, 5) is 25.2. The normalized spacial score (nSPS) is 11.1. The molecule has 5 nitrogen and oxygen atoms in total. The van der Waals surface area contributed by atoms with Crippen molar-refractivity contribution in [2.24, 2.45) is 0 Å². The summed E-state index contributed by atoms with van der Waals surface area (Å²) in [6, 6.07) is 5.13. The Bertz CT molecular complexity index is 499. The molecule has 0 aliphatic carbocycles. The van der Waals surface area contributed by atoms with E-state index in [1.165, 1.54) is 36.3 Å². The van der Waals surface area contributed by atoms with Gasteiger partial charge in [0, 0.05) is 12.1 Å². The van der Waals surface area contributed by atoms with Crippen molar-refractivity contribution in [1.29, 1.82) is 0 Å². The van der Waals surface area contributed by atoms with E-state index in [-0.39, 0.29) is 25.5 Å². The Morgan fingerprint density at radius 2 is 1.86 bits per heavy atom. The number of hydrogen-bond acceptors (Lipinski definition) is 4. The van der Waals surface area contributed by atoms with Gasteiger partial charge in [-0.1, -0.05) is 0 Å². The van der Waals surface area contributed by atoms with Crippen molar-refractivity contribution >= 4 is 11.9 Å². The number of halogens is 1. The number of aliphatic hydroxyl groups is 1. The minimum atomic E-state index is -0.848. The standard InChI is InChI=1S/C15H20FNO4/c1-15(2,10-18)17(9-8-13(19)21-3)14(20)11-4-6-12(16)7-5-11/h4-7,18H,8-10H2,1-3H3. The van der Waals surface area contributed by atoms with Gasteiger partial charge in [-0.25, -0.2) is 4.39 Å². The lowest BCUT2D eigenvalue weighted by atomic mass is 10.0. The molecule has 1 amide bonds. The predicted octanol–water partition coefficient (Wildman–Crippen LogP) is 1.60. The van der Waals surface area contributed by atoms with Gasteiger partial charge in [0.2, 0.25) is 0 Å². The molecule has 0 fully saturated rings. The van der Waals surface area contributed by atoms with E-state index in [1.807, 2.05) is 0 Å². The van der Waals surface area contributed by atoms with E-state index in [9.17, 15) is 19.1 Å². The Labute approximate surface area is 123 Å². The summed E-state index contributed by atoms with van der Waals surface area (Å²) >= 11 is 0. The summed E-state index contributed by atoms with van der Waals surface area (Å²) in [7, 11) is 1.27. The molecule has 0 spiro atoms. The van der Waals surface area contributed by atoms with E-state index in [0.717, 1.165) is 0 Å². The molecule has 1 aromatic carbocycles. The largest absolute Gasteiger partial charge is 0.469 e. The van der Waals surface area contributed by atoms with Gasteiger partial charge in [-0.2, -0.15) is 0 Å². The fourth-order valence-electron chi connectivity index (χ4n) is 1.82. The van der Waals surface area contributed by atoms with Crippen LogP contribution in [0.15, 0.2) is 24.3 Å². The van der Waals surface area contributed by atoms with E-state index in [2.05, 4.69) is 4.74 Å². The molecule has 1 N–H and O–H groups in total. The molecule has 0 radical (unpaired) electrons. The van der Waals surface area contributed by atoms with Crippen molar-refractivity contribution in [3.63, 3.8) is 0 Å². The molecule has 0 heterocycles. The number of methoxy groups -OCH3 is 1. The average Bonchev–Trinajstić information content (AvgIpc) is 2.47. The highest BCUT2D eigenvalue weighted by Gasteiger charge is 2.31. The second kappa shape index (κ2) is 7.17. The quantitative estimate of drug-likeness (QED) is 0.810. The molecule has 0 aliphatic heterocycles. The SMILES string of the molecule is COC(=O)CCN(C(=O)c1ccc(F)cc1)C(C)(C)CO. The fourth-order valence-corrected chi connectivity index (χ4v) is 1.82. The molecular weight excluding hydrogens is 277 g/mol. The molecule has 6 heteroatoms. The monoisotopic (exact) mass is 297 g/mol. The molecule has 0 saturated heterocycles. The highest BCUT2D eigenvalue weighted by Crippen LogP contribution is 2.18. The molecule has 21 heavy (non-hydrogen) atoms. The van der Waals surface area contributed by atoms with Gasteiger partial charge in [0.25, 0.3) is 5.91 Å². The third kappa shape index (κ3) is 4.53. The fraction of sp³-hybridized carbons (Fsp3) is 0.467. The summed E-state index contributed by atoms with van der Waals surface area (Å²) in [5, 5.41) is 9.46. The second-order valence-corrected chi connectivity index (χ2v) is 5.26. The highest BCUT2D eigenvalue weighted by molar-refractivity contribution is 5.94. The minimum absolute atomic E-state index is 0.0207. The van der Waals surface area contributed by atoms with Crippen LogP contribution in [0.1, 0.15) is 30.6 Å². The Hall–Kier alpha value is -1.95. The number of amides is 1. The third-order valence-corrected chi connectivity index (χ3v) is 3.22. The molecule has 0 aromatic heterocycles. The van der Waals surface area contributed by atoms with Gasteiger partial charge in [0.1, 0.15) is 5.82 Å². The van der Waals surface area contributed by atoms with Crippen LogP contribution in [0.2, 0.25) is 0 Å². The molecular formula is C15H20FNO4. The maximum absolute atomic E-state index is 12.9. The summed E-state index contributed by atoms with van der Waals surface area (Å²) < 4.78 is 17.5. The Kier molecular flexibility index (Phi) is 5.84. The zero-order chi connectivity index (χ0) is 16.0. The van der Waals surface area contributed by atoms with Crippen LogP contribution in [0.4, 0.5) is 4.39 Å². The van der Waals surface area contributed by atoms with Gasteiger partial charge in [-0.15, -0.1) is 0 Å². The van der Waals surface area contributed by atoms with Gasteiger partial charge in [-0.3, -0.25) is 9.59 Å². The molecule has 0 unspecified atom stereocenters. The Balaban J connectivity index is 2.97. The van der Waals surface area contributed by atoms with Gasteiger partial charge < -0.3 is 14.7 Å². The van der Waals surface area contributed by atoms with Crippen LogP contribution >= 0.6 is 0 Å². The second-order valence-electron chi connectivity index (χ2n) is 5.26. The Morgan fingerprint density at radius 1 is 1.29 bits per heavy atom. The van der Waals surface area contributed by atoms with Gasteiger partial charge >= 0.3 is 5.97 Å². The summed E-state index contributed by atoms with van der Waals surface area (Å²) in [6.45, 7) is 3.22. The number of esters is 1. The van der Waals surface area contributed by atoms with Gasteiger partial charge in [0.05, 0.1) is 25.7 Å². The zero-order valence-electron chi connectivity index (χ0n) is 12.4. The van der Waals surface area contributed by atoms with Crippen molar-refractivity contribution in [2.45, 2.75) is 25.8 Å². The lowest BCUT2D eigenvalue weighted by Crippen LogP contribution is -2.51. The molecule has 116 valence electrons. The average molecular weight is 297 g/mol. The van der Waals surface area contributed by atoms with Crippen molar-refractivity contribution < 1.29 is 23.8 Å². The smallest absolute Gasteiger partial charge is 0.307 e. The summed E-state index contributed by atoms with van der Waals surface area (Å²) in [6.07, 6.45) is 0.0207. The first-order valence-electron chi connectivity index (χ1n) is 6.57. The van der Waals surface area contributed by atoms with Crippen LogP contribution in [0.5, 0.6) is 0 Å². The Morgan fingerprint density at radius 3 is 2.33 bits per heavy atom. The lowest BCUT2D eigenvalue weighted by Gasteiger charge is -2.37. The van der Waals surface area contributed by atoms with Crippen LogP contribution < -0.4 is 0 Å². The summed E-state index contributed by atoms with van der Waals surface area (Å²) in [5.41, 5.74) is -0.553. The maximum atomic E-state index is 12.9. The van der Waals surface area contributed by atoms with Gasteiger partial charge in [0.15, 0.2) is 0 Å². The topological polar surface area (TPSA) is 66.8 Å². The number of ether oxygens (including phenoxy) is 1. The number of carbonyl (C=O) groups excluding carboxylic acids is 2. The third-order valence-electron chi connectivity index (χ3n) is 3.22. The number of hydrogen-bond donors (Lipinski definition) is 1. The van der Waals surface area contributed by atoms with E-state index in [1.54, 1.807) is 13.8 Å². The molecule has 1 aromatic rings. The van der Waals surface area contributed by atoms with E-state index in [0.29, 0.717) is 5.56 Å². The predicted molar refractivity (Wildman–Crippen MR) is 75.2 cm³/mol. The maximum Gasteiger partial charge on any atom is 0.307 e. The van der Waals surface area contributed by atoms with Crippen molar-refractivity contribution in [2.75, 3.05) is 20.3 Å². The van der Waals surface area contributed by atoms with Crippen molar-refractivity contribution in [3.05, 3.63) is 35.6 Å². The van der Waals surface area contributed by atoms with Crippen molar-refractivity contribution in [3.8, 4) is 0 Å². The van der Waals surface area contributed by atoms with E-state index in [4.69, 9.17) is 0 Å². The van der Waals surface area contributed by atoms with E-state index >= 15 is 0 Å². The van der Waals surface area contributed by atoms with Crippen LogP contribution in [-0.4, -0.2) is 47.7 Å². The molecule has 0 atom stereocenters. The number of benzene rings is 1. The van der Waals surface area contributed by atoms with Crippen LogP contribution in [0.3, 0.4) is 0 Å².